The first kappa shape index (κ1) is 15.0. The van der Waals surface area contributed by atoms with E-state index in [1.807, 2.05) is 0 Å². The third-order valence-electron chi connectivity index (χ3n) is 3.08. The van der Waals surface area contributed by atoms with Gasteiger partial charge < -0.3 is 20.5 Å². The molecule has 3 N–H and O–H groups in total. The van der Waals surface area contributed by atoms with E-state index in [0.717, 1.165) is 52.2 Å². The van der Waals surface area contributed by atoms with Gasteiger partial charge in [0.25, 0.3) is 0 Å². The summed E-state index contributed by atoms with van der Waals surface area (Å²) in [7, 11) is 0. The fourth-order valence-corrected chi connectivity index (χ4v) is 2.03. The zero-order chi connectivity index (χ0) is 11.2. The zero-order valence-corrected chi connectivity index (χ0v) is 12.4. The molecule has 2 aliphatic heterocycles. The maximum absolute atomic E-state index is 5.77. The SMILES string of the molecule is I.NC(=NCC1CCOC1)NCC1CCCO1. The van der Waals surface area contributed by atoms with E-state index in [1.54, 1.807) is 0 Å². The lowest BCUT2D eigenvalue weighted by atomic mass is 10.1. The molecule has 0 aromatic heterocycles. The molecule has 2 fully saturated rings. The first-order valence-electron chi connectivity index (χ1n) is 6.08. The molecule has 17 heavy (non-hydrogen) atoms. The lowest BCUT2D eigenvalue weighted by Crippen LogP contribution is -2.37. The number of guanidine groups is 1. The van der Waals surface area contributed by atoms with Gasteiger partial charge in [0.15, 0.2) is 5.96 Å². The highest BCUT2D eigenvalue weighted by atomic mass is 127. The van der Waals surface area contributed by atoms with Gasteiger partial charge in [-0.25, -0.2) is 0 Å². The third-order valence-corrected chi connectivity index (χ3v) is 3.08. The number of halogens is 1. The first-order valence-corrected chi connectivity index (χ1v) is 6.08. The summed E-state index contributed by atoms with van der Waals surface area (Å²) in [6.07, 6.45) is 3.69. The molecule has 2 unspecified atom stereocenters. The Morgan fingerprint density at radius 3 is 2.88 bits per heavy atom. The van der Waals surface area contributed by atoms with Crippen molar-refractivity contribution in [1.29, 1.82) is 0 Å². The number of nitrogens with zero attached hydrogens (tertiary/aromatic N) is 1. The van der Waals surface area contributed by atoms with Crippen molar-refractivity contribution in [3.63, 3.8) is 0 Å². The average molecular weight is 355 g/mol. The summed E-state index contributed by atoms with van der Waals surface area (Å²) >= 11 is 0. The molecular formula is C11H22IN3O2. The smallest absolute Gasteiger partial charge is 0.188 e. The van der Waals surface area contributed by atoms with E-state index in [0.29, 0.717) is 18.0 Å². The van der Waals surface area contributed by atoms with Gasteiger partial charge in [0.05, 0.1) is 12.7 Å². The normalized spacial score (nSPS) is 29.1. The van der Waals surface area contributed by atoms with E-state index in [4.69, 9.17) is 15.2 Å². The zero-order valence-electron chi connectivity index (χ0n) is 10.1. The van der Waals surface area contributed by atoms with Gasteiger partial charge in [0, 0.05) is 32.2 Å². The van der Waals surface area contributed by atoms with Crippen molar-refractivity contribution in [2.45, 2.75) is 25.4 Å². The summed E-state index contributed by atoms with van der Waals surface area (Å²) in [5, 5.41) is 3.11. The van der Waals surface area contributed by atoms with Crippen LogP contribution in [0.4, 0.5) is 0 Å². The predicted molar refractivity (Wildman–Crippen MR) is 77.8 cm³/mol. The molecular weight excluding hydrogens is 333 g/mol. The van der Waals surface area contributed by atoms with Crippen LogP contribution in [0.1, 0.15) is 19.3 Å². The van der Waals surface area contributed by atoms with Crippen LogP contribution in [-0.2, 0) is 9.47 Å². The molecule has 2 heterocycles. The molecule has 2 atom stereocenters. The Hall–Kier alpha value is -0.0800. The maximum atomic E-state index is 5.77. The monoisotopic (exact) mass is 355 g/mol. The molecule has 2 rings (SSSR count). The lowest BCUT2D eigenvalue weighted by Gasteiger charge is -2.11. The quantitative estimate of drug-likeness (QED) is 0.443. The number of aliphatic imine (C=N–C) groups is 1. The van der Waals surface area contributed by atoms with Crippen LogP contribution in [0.5, 0.6) is 0 Å². The second-order valence-corrected chi connectivity index (χ2v) is 4.47. The number of nitrogens with two attached hydrogens (primary N) is 1. The number of hydrogen-bond acceptors (Lipinski definition) is 3. The molecule has 0 aromatic carbocycles. The van der Waals surface area contributed by atoms with Crippen LogP contribution in [0.15, 0.2) is 4.99 Å². The Labute approximate surface area is 120 Å². The number of rotatable bonds is 4. The fourth-order valence-electron chi connectivity index (χ4n) is 2.03. The molecule has 0 bridgehead atoms. The van der Waals surface area contributed by atoms with Gasteiger partial charge in [-0.2, -0.15) is 0 Å². The van der Waals surface area contributed by atoms with Crippen molar-refractivity contribution in [1.82, 2.24) is 5.32 Å². The van der Waals surface area contributed by atoms with Crippen LogP contribution in [0.3, 0.4) is 0 Å². The van der Waals surface area contributed by atoms with Crippen molar-refractivity contribution >= 4 is 29.9 Å². The van der Waals surface area contributed by atoms with E-state index >= 15 is 0 Å². The fraction of sp³-hybridized carbons (Fsp3) is 0.909. The molecule has 0 saturated carbocycles. The molecule has 2 aliphatic rings. The summed E-state index contributed by atoms with van der Waals surface area (Å²) in [6, 6.07) is 0. The van der Waals surface area contributed by atoms with Crippen molar-refractivity contribution in [3.05, 3.63) is 0 Å². The van der Waals surface area contributed by atoms with E-state index in [9.17, 15) is 0 Å². The molecule has 6 heteroatoms. The topological polar surface area (TPSA) is 68.9 Å². The van der Waals surface area contributed by atoms with Gasteiger partial charge in [0.2, 0.25) is 0 Å². The molecule has 0 amide bonds. The Kier molecular flexibility index (Phi) is 7.14. The van der Waals surface area contributed by atoms with Crippen LogP contribution in [-0.4, -0.2) is 45.0 Å². The van der Waals surface area contributed by atoms with Crippen molar-refractivity contribution in [2.75, 3.05) is 32.9 Å². The number of hydrogen-bond donors (Lipinski definition) is 2. The standard InChI is InChI=1S/C11H21N3O2.HI/c12-11(13-6-9-3-5-15-8-9)14-7-10-2-1-4-16-10;/h9-10H,1-8H2,(H3,12,13,14);1H. The minimum atomic E-state index is 0. The maximum Gasteiger partial charge on any atom is 0.188 e. The van der Waals surface area contributed by atoms with E-state index < -0.39 is 0 Å². The van der Waals surface area contributed by atoms with Gasteiger partial charge in [-0.15, -0.1) is 24.0 Å². The second-order valence-electron chi connectivity index (χ2n) is 4.47. The Morgan fingerprint density at radius 1 is 1.35 bits per heavy atom. The minimum absolute atomic E-state index is 0. The van der Waals surface area contributed by atoms with Crippen molar-refractivity contribution < 1.29 is 9.47 Å². The van der Waals surface area contributed by atoms with Crippen molar-refractivity contribution in [3.8, 4) is 0 Å². The number of ether oxygens (including phenoxy) is 2. The van der Waals surface area contributed by atoms with E-state index in [2.05, 4.69) is 10.3 Å². The second kappa shape index (κ2) is 8.10. The van der Waals surface area contributed by atoms with E-state index in [-0.39, 0.29) is 24.0 Å². The summed E-state index contributed by atoms with van der Waals surface area (Å²) < 4.78 is 10.8. The highest BCUT2D eigenvalue weighted by molar-refractivity contribution is 14.0. The van der Waals surface area contributed by atoms with Gasteiger partial charge >= 0.3 is 0 Å². The molecule has 100 valence electrons. The summed E-state index contributed by atoms with van der Waals surface area (Å²) in [5.41, 5.74) is 5.77. The molecule has 0 radical (unpaired) electrons. The predicted octanol–water partition coefficient (Wildman–Crippen LogP) is 0.724. The molecule has 5 nitrogen and oxygen atoms in total. The largest absolute Gasteiger partial charge is 0.381 e. The average Bonchev–Trinajstić information content (AvgIpc) is 2.96. The van der Waals surface area contributed by atoms with Crippen molar-refractivity contribution in [2.24, 2.45) is 16.6 Å². The molecule has 0 aliphatic carbocycles. The van der Waals surface area contributed by atoms with Gasteiger partial charge in [0.1, 0.15) is 0 Å². The number of nitrogens with one attached hydrogen (secondary N) is 1. The summed E-state index contributed by atoms with van der Waals surface area (Å²) in [6.45, 7) is 4.11. The molecule has 0 spiro atoms. The third kappa shape index (κ3) is 5.39. The van der Waals surface area contributed by atoms with Gasteiger partial charge in [-0.1, -0.05) is 0 Å². The Morgan fingerprint density at radius 2 is 2.24 bits per heavy atom. The van der Waals surface area contributed by atoms with Crippen LogP contribution < -0.4 is 11.1 Å². The van der Waals surface area contributed by atoms with E-state index in [1.165, 1.54) is 0 Å². The molecule has 0 aromatic rings. The van der Waals surface area contributed by atoms with Crippen LogP contribution in [0.2, 0.25) is 0 Å². The Balaban J connectivity index is 0.00000144. The Bertz CT molecular complexity index is 239. The highest BCUT2D eigenvalue weighted by Gasteiger charge is 2.16. The highest BCUT2D eigenvalue weighted by Crippen LogP contribution is 2.12. The molecule has 2 saturated heterocycles. The van der Waals surface area contributed by atoms with Gasteiger partial charge in [-0.3, -0.25) is 4.99 Å². The minimum Gasteiger partial charge on any atom is -0.381 e. The van der Waals surface area contributed by atoms with Crippen LogP contribution in [0, 0.1) is 5.92 Å². The summed E-state index contributed by atoms with van der Waals surface area (Å²) in [4.78, 5) is 4.31. The lowest BCUT2D eigenvalue weighted by molar-refractivity contribution is 0.114. The van der Waals surface area contributed by atoms with Gasteiger partial charge in [-0.05, 0) is 19.3 Å². The van der Waals surface area contributed by atoms with Crippen LogP contribution in [0.25, 0.3) is 0 Å². The first-order chi connectivity index (χ1) is 7.84. The summed E-state index contributed by atoms with van der Waals surface area (Å²) in [5.74, 6) is 1.07. The van der Waals surface area contributed by atoms with Crippen LogP contribution >= 0.6 is 24.0 Å².